The third kappa shape index (κ3) is 3.09. The van der Waals surface area contributed by atoms with E-state index >= 15 is 0 Å². The number of fused-ring (bicyclic) bond motifs is 1. The van der Waals surface area contributed by atoms with Gasteiger partial charge in [0.1, 0.15) is 0 Å². The second-order valence-corrected chi connectivity index (χ2v) is 6.10. The molecule has 0 aliphatic heterocycles. The van der Waals surface area contributed by atoms with Gasteiger partial charge in [-0.2, -0.15) is 0 Å². The minimum atomic E-state index is -0.290. The van der Waals surface area contributed by atoms with Crippen LogP contribution >= 0.6 is 35.2 Å². The predicted molar refractivity (Wildman–Crippen MR) is 94.8 cm³/mol. The highest BCUT2D eigenvalue weighted by Gasteiger charge is 2.12. The van der Waals surface area contributed by atoms with Crippen LogP contribution in [-0.2, 0) is 0 Å². The number of thiocarbonyl (C=S) groups is 1. The van der Waals surface area contributed by atoms with Gasteiger partial charge in [0.25, 0.3) is 5.91 Å². The van der Waals surface area contributed by atoms with Crippen LogP contribution in [0, 0.1) is 0 Å². The standard InChI is InChI=1S/C15H10ClN3OS2/c16-12-6-2-3-9-10(12)4-1-5-11(9)13(20)18-14(21)19-15-17-7-8-22-15/h1-8H,(H2,17,18,19,20,21). The number of nitrogens with one attached hydrogen (secondary N) is 2. The third-order valence-corrected chi connectivity index (χ3v) is 4.22. The van der Waals surface area contributed by atoms with E-state index in [4.69, 9.17) is 23.8 Å². The molecule has 0 aliphatic carbocycles. The Morgan fingerprint density at radius 1 is 1.18 bits per heavy atom. The van der Waals surface area contributed by atoms with Gasteiger partial charge >= 0.3 is 0 Å². The van der Waals surface area contributed by atoms with E-state index in [1.807, 2.05) is 23.6 Å². The van der Waals surface area contributed by atoms with E-state index in [1.165, 1.54) is 11.3 Å². The van der Waals surface area contributed by atoms with Crippen LogP contribution in [0.4, 0.5) is 5.13 Å². The fourth-order valence-electron chi connectivity index (χ4n) is 2.05. The van der Waals surface area contributed by atoms with Crippen molar-refractivity contribution in [3.8, 4) is 0 Å². The summed E-state index contributed by atoms with van der Waals surface area (Å²) in [5, 5.41) is 10.4. The molecule has 0 aliphatic rings. The Morgan fingerprint density at radius 3 is 2.73 bits per heavy atom. The van der Waals surface area contributed by atoms with Crippen LogP contribution < -0.4 is 10.6 Å². The minimum Gasteiger partial charge on any atom is -0.308 e. The molecule has 3 rings (SSSR count). The van der Waals surface area contributed by atoms with Gasteiger partial charge in [0.15, 0.2) is 10.2 Å². The van der Waals surface area contributed by atoms with Crippen LogP contribution in [0.1, 0.15) is 10.4 Å². The zero-order chi connectivity index (χ0) is 15.5. The van der Waals surface area contributed by atoms with Crippen LogP contribution in [0.2, 0.25) is 5.02 Å². The Balaban J connectivity index is 1.83. The van der Waals surface area contributed by atoms with E-state index in [-0.39, 0.29) is 11.0 Å². The van der Waals surface area contributed by atoms with Gasteiger partial charge in [0.05, 0.1) is 0 Å². The van der Waals surface area contributed by atoms with Crippen molar-refractivity contribution in [1.29, 1.82) is 0 Å². The summed E-state index contributed by atoms with van der Waals surface area (Å²) >= 11 is 12.7. The highest BCUT2D eigenvalue weighted by molar-refractivity contribution is 7.80. The number of hydrogen-bond donors (Lipinski definition) is 2. The van der Waals surface area contributed by atoms with Gasteiger partial charge in [-0.15, -0.1) is 11.3 Å². The van der Waals surface area contributed by atoms with E-state index in [9.17, 15) is 4.79 Å². The molecule has 3 aromatic rings. The number of anilines is 1. The largest absolute Gasteiger partial charge is 0.308 e. The number of amides is 1. The molecule has 1 heterocycles. The van der Waals surface area contributed by atoms with Crippen LogP contribution in [0.15, 0.2) is 48.0 Å². The molecule has 0 saturated heterocycles. The van der Waals surface area contributed by atoms with Crippen LogP contribution in [-0.4, -0.2) is 16.0 Å². The van der Waals surface area contributed by atoms with Crippen molar-refractivity contribution in [2.45, 2.75) is 0 Å². The number of carbonyl (C=O) groups excluding carboxylic acids is 1. The maximum atomic E-state index is 12.4. The van der Waals surface area contributed by atoms with Crippen molar-refractivity contribution < 1.29 is 4.79 Å². The molecule has 0 unspecified atom stereocenters. The number of nitrogens with zero attached hydrogens (tertiary/aromatic N) is 1. The Kier molecular flexibility index (Phi) is 4.33. The summed E-state index contributed by atoms with van der Waals surface area (Å²) in [6, 6.07) is 10.9. The van der Waals surface area contributed by atoms with Crippen molar-refractivity contribution >= 4 is 62.1 Å². The molecule has 0 fully saturated rings. The Hall–Kier alpha value is -2.02. The topological polar surface area (TPSA) is 54.0 Å². The van der Waals surface area contributed by atoms with E-state index in [0.717, 1.165) is 10.8 Å². The second-order valence-electron chi connectivity index (χ2n) is 4.39. The molecule has 1 amide bonds. The summed E-state index contributed by atoms with van der Waals surface area (Å²) in [6.07, 6.45) is 1.66. The van der Waals surface area contributed by atoms with Gasteiger partial charge in [-0.25, -0.2) is 4.98 Å². The summed E-state index contributed by atoms with van der Waals surface area (Å²) in [7, 11) is 0. The lowest BCUT2D eigenvalue weighted by atomic mass is 10.0. The number of benzene rings is 2. The highest BCUT2D eigenvalue weighted by Crippen LogP contribution is 2.25. The van der Waals surface area contributed by atoms with Gasteiger partial charge < -0.3 is 5.32 Å². The minimum absolute atomic E-state index is 0.207. The van der Waals surface area contributed by atoms with Crippen LogP contribution in [0.5, 0.6) is 0 Å². The molecular formula is C15H10ClN3OS2. The summed E-state index contributed by atoms with van der Waals surface area (Å²) in [4.78, 5) is 16.5. The molecule has 1 aromatic heterocycles. The van der Waals surface area contributed by atoms with Crippen molar-refractivity contribution in [3.63, 3.8) is 0 Å². The van der Waals surface area contributed by atoms with E-state index < -0.39 is 0 Å². The number of halogens is 1. The normalized spacial score (nSPS) is 10.4. The smallest absolute Gasteiger partial charge is 0.258 e. The van der Waals surface area contributed by atoms with Crippen molar-refractivity contribution in [1.82, 2.24) is 10.3 Å². The van der Waals surface area contributed by atoms with Crippen molar-refractivity contribution in [2.24, 2.45) is 0 Å². The SMILES string of the molecule is O=C(NC(=S)Nc1nccs1)c1cccc2c(Cl)cccc12. The van der Waals surface area contributed by atoms with E-state index in [1.54, 1.807) is 24.4 Å². The maximum Gasteiger partial charge on any atom is 0.258 e. The lowest BCUT2D eigenvalue weighted by molar-refractivity contribution is 0.0979. The van der Waals surface area contributed by atoms with Crippen LogP contribution in [0.25, 0.3) is 10.8 Å². The second kappa shape index (κ2) is 6.39. The molecule has 110 valence electrons. The summed E-state index contributed by atoms with van der Waals surface area (Å²) in [5.41, 5.74) is 0.517. The maximum absolute atomic E-state index is 12.4. The Morgan fingerprint density at radius 2 is 1.95 bits per heavy atom. The fraction of sp³-hybridized carbons (Fsp3) is 0. The number of hydrogen-bond acceptors (Lipinski definition) is 4. The van der Waals surface area contributed by atoms with Crippen LogP contribution in [0.3, 0.4) is 0 Å². The summed E-state index contributed by atoms with van der Waals surface area (Å²) in [5.74, 6) is -0.290. The third-order valence-electron chi connectivity index (χ3n) is 2.99. The number of rotatable bonds is 2. The van der Waals surface area contributed by atoms with Gasteiger partial charge in [-0.3, -0.25) is 10.1 Å². The quantitative estimate of drug-likeness (QED) is 0.686. The van der Waals surface area contributed by atoms with Gasteiger partial charge in [-0.05, 0) is 29.7 Å². The average molecular weight is 348 g/mol. The predicted octanol–water partition coefficient (Wildman–Crippen LogP) is 4.08. The number of thiazole rings is 1. The molecule has 4 nitrogen and oxygen atoms in total. The van der Waals surface area contributed by atoms with E-state index in [0.29, 0.717) is 15.7 Å². The molecule has 0 radical (unpaired) electrons. The first kappa shape index (κ1) is 14.9. The monoisotopic (exact) mass is 347 g/mol. The zero-order valence-corrected chi connectivity index (χ0v) is 13.6. The molecule has 7 heteroatoms. The number of carbonyl (C=O) groups is 1. The summed E-state index contributed by atoms with van der Waals surface area (Å²) in [6.45, 7) is 0. The zero-order valence-electron chi connectivity index (χ0n) is 11.2. The van der Waals surface area contributed by atoms with Gasteiger partial charge in [0, 0.05) is 27.5 Å². The molecular weight excluding hydrogens is 338 g/mol. The first-order chi connectivity index (χ1) is 10.6. The molecule has 0 spiro atoms. The van der Waals surface area contributed by atoms with E-state index in [2.05, 4.69) is 15.6 Å². The molecule has 2 N–H and O–H groups in total. The fourth-order valence-corrected chi connectivity index (χ4v) is 3.08. The van der Waals surface area contributed by atoms with Crippen molar-refractivity contribution in [3.05, 3.63) is 58.6 Å². The molecule has 2 aromatic carbocycles. The van der Waals surface area contributed by atoms with Gasteiger partial charge in [0.2, 0.25) is 0 Å². The molecule has 0 saturated carbocycles. The molecule has 0 atom stereocenters. The lowest BCUT2D eigenvalue weighted by Crippen LogP contribution is -2.34. The molecule has 0 bridgehead atoms. The first-order valence-corrected chi connectivity index (χ1v) is 8.01. The Labute approximate surface area is 141 Å². The first-order valence-electron chi connectivity index (χ1n) is 6.34. The average Bonchev–Trinajstić information content (AvgIpc) is 3.00. The summed E-state index contributed by atoms with van der Waals surface area (Å²) < 4.78 is 0. The van der Waals surface area contributed by atoms with Crippen molar-refractivity contribution in [2.75, 3.05) is 5.32 Å². The molecule has 22 heavy (non-hydrogen) atoms. The Bertz CT molecular complexity index is 849. The van der Waals surface area contributed by atoms with Gasteiger partial charge in [-0.1, -0.05) is 35.9 Å². The lowest BCUT2D eigenvalue weighted by Gasteiger charge is -2.10. The number of aromatic nitrogens is 1. The highest BCUT2D eigenvalue weighted by atomic mass is 35.5.